The lowest BCUT2D eigenvalue weighted by Crippen LogP contribution is -2.36. The van der Waals surface area contributed by atoms with E-state index < -0.39 is 0 Å². The van der Waals surface area contributed by atoms with E-state index in [9.17, 15) is 0 Å². The van der Waals surface area contributed by atoms with E-state index in [-0.39, 0.29) is 0 Å². The van der Waals surface area contributed by atoms with E-state index in [4.69, 9.17) is 11.6 Å². The minimum Gasteiger partial charge on any atom is -0.353 e. The standard InChI is InChI=1S/C11H14ClN5/c12-6-9-2-1-4-16(7-9)10-11-15-14-8-17(11)5-3-13-10/h3,5,8-9H,1-2,4,6-7H2. The molecule has 0 aliphatic carbocycles. The Balaban J connectivity index is 1.94. The summed E-state index contributed by atoms with van der Waals surface area (Å²) in [6.07, 6.45) is 7.71. The second-order valence-corrected chi connectivity index (χ2v) is 4.73. The zero-order valence-corrected chi connectivity index (χ0v) is 10.2. The van der Waals surface area contributed by atoms with Crippen molar-refractivity contribution in [3.8, 4) is 0 Å². The monoisotopic (exact) mass is 251 g/mol. The summed E-state index contributed by atoms with van der Waals surface area (Å²) in [6.45, 7) is 1.98. The van der Waals surface area contributed by atoms with Crippen LogP contribution in [0.3, 0.4) is 0 Å². The number of nitrogens with zero attached hydrogens (tertiary/aromatic N) is 5. The summed E-state index contributed by atoms with van der Waals surface area (Å²) in [7, 11) is 0. The van der Waals surface area contributed by atoms with Crippen molar-refractivity contribution >= 4 is 23.1 Å². The molecule has 0 radical (unpaired) electrons. The number of hydrogen-bond acceptors (Lipinski definition) is 4. The van der Waals surface area contributed by atoms with Crippen LogP contribution in [0.1, 0.15) is 12.8 Å². The highest BCUT2D eigenvalue weighted by atomic mass is 35.5. The zero-order chi connectivity index (χ0) is 11.7. The smallest absolute Gasteiger partial charge is 0.203 e. The van der Waals surface area contributed by atoms with Gasteiger partial charge in [0.1, 0.15) is 6.33 Å². The fourth-order valence-electron chi connectivity index (χ4n) is 2.35. The minimum atomic E-state index is 0.551. The first kappa shape index (κ1) is 10.8. The van der Waals surface area contributed by atoms with Gasteiger partial charge in [-0.05, 0) is 18.8 Å². The van der Waals surface area contributed by atoms with E-state index in [2.05, 4.69) is 20.1 Å². The number of fused-ring (bicyclic) bond motifs is 1. The van der Waals surface area contributed by atoms with Crippen LogP contribution in [0.2, 0.25) is 0 Å². The summed E-state index contributed by atoms with van der Waals surface area (Å²) >= 11 is 5.95. The lowest BCUT2D eigenvalue weighted by Gasteiger charge is -2.32. The number of rotatable bonds is 2. The quantitative estimate of drug-likeness (QED) is 0.761. The Bertz CT molecular complexity index is 511. The van der Waals surface area contributed by atoms with Gasteiger partial charge in [0.15, 0.2) is 5.82 Å². The summed E-state index contributed by atoms with van der Waals surface area (Å²) in [5.74, 6) is 2.18. The van der Waals surface area contributed by atoms with E-state index in [0.29, 0.717) is 11.8 Å². The second kappa shape index (κ2) is 4.49. The Morgan fingerprint density at radius 2 is 2.41 bits per heavy atom. The Kier molecular flexibility index (Phi) is 2.84. The van der Waals surface area contributed by atoms with Gasteiger partial charge in [0.2, 0.25) is 5.65 Å². The van der Waals surface area contributed by atoms with Gasteiger partial charge in [0.05, 0.1) is 0 Å². The van der Waals surface area contributed by atoms with Crippen LogP contribution >= 0.6 is 11.6 Å². The van der Waals surface area contributed by atoms with E-state index in [0.717, 1.165) is 31.0 Å². The van der Waals surface area contributed by atoms with Crippen molar-refractivity contribution in [2.45, 2.75) is 12.8 Å². The van der Waals surface area contributed by atoms with Gasteiger partial charge in [0.25, 0.3) is 0 Å². The van der Waals surface area contributed by atoms with Crippen molar-refractivity contribution in [2.24, 2.45) is 5.92 Å². The summed E-state index contributed by atoms with van der Waals surface area (Å²) < 4.78 is 1.90. The first-order valence-corrected chi connectivity index (χ1v) is 6.37. The largest absolute Gasteiger partial charge is 0.353 e. The molecular weight excluding hydrogens is 238 g/mol. The van der Waals surface area contributed by atoms with Gasteiger partial charge >= 0.3 is 0 Å². The average molecular weight is 252 g/mol. The summed E-state index contributed by atoms with van der Waals surface area (Å²) in [5, 5.41) is 8.04. The molecule has 0 N–H and O–H groups in total. The maximum absolute atomic E-state index is 5.95. The van der Waals surface area contributed by atoms with E-state index in [1.165, 1.54) is 6.42 Å². The van der Waals surface area contributed by atoms with Crippen LogP contribution in [-0.4, -0.2) is 38.6 Å². The fraction of sp³-hybridized carbons (Fsp3) is 0.545. The third-order valence-corrected chi connectivity index (χ3v) is 3.67. The molecule has 3 rings (SSSR count). The van der Waals surface area contributed by atoms with Crippen LogP contribution in [0, 0.1) is 5.92 Å². The molecule has 0 bridgehead atoms. The molecule has 1 unspecified atom stereocenters. The van der Waals surface area contributed by atoms with Gasteiger partial charge in [-0.25, -0.2) is 4.98 Å². The molecule has 1 atom stereocenters. The van der Waals surface area contributed by atoms with Crippen molar-refractivity contribution in [1.82, 2.24) is 19.6 Å². The fourth-order valence-corrected chi connectivity index (χ4v) is 2.60. The van der Waals surface area contributed by atoms with Crippen LogP contribution < -0.4 is 4.90 Å². The molecule has 2 aromatic rings. The Hall–Kier alpha value is -1.36. The number of anilines is 1. The molecule has 1 aliphatic heterocycles. The van der Waals surface area contributed by atoms with Crippen LogP contribution in [0.15, 0.2) is 18.7 Å². The van der Waals surface area contributed by atoms with Gasteiger partial charge in [-0.15, -0.1) is 21.8 Å². The topological polar surface area (TPSA) is 46.3 Å². The van der Waals surface area contributed by atoms with Crippen LogP contribution in [0.25, 0.3) is 5.65 Å². The van der Waals surface area contributed by atoms with E-state index in [1.807, 2.05) is 10.6 Å². The maximum atomic E-state index is 5.95. The molecule has 6 heteroatoms. The molecule has 90 valence electrons. The number of piperidine rings is 1. The molecule has 0 aromatic carbocycles. The molecule has 5 nitrogen and oxygen atoms in total. The van der Waals surface area contributed by atoms with Gasteiger partial charge in [0, 0.05) is 31.4 Å². The Morgan fingerprint density at radius 3 is 3.29 bits per heavy atom. The Morgan fingerprint density at radius 1 is 1.47 bits per heavy atom. The van der Waals surface area contributed by atoms with Crippen LogP contribution in [-0.2, 0) is 0 Å². The highest BCUT2D eigenvalue weighted by Crippen LogP contribution is 2.24. The molecule has 17 heavy (non-hydrogen) atoms. The number of hydrogen-bond donors (Lipinski definition) is 0. The van der Waals surface area contributed by atoms with Crippen LogP contribution in [0.5, 0.6) is 0 Å². The molecule has 1 fully saturated rings. The van der Waals surface area contributed by atoms with Gasteiger partial charge in [-0.1, -0.05) is 0 Å². The van der Waals surface area contributed by atoms with E-state index in [1.54, 1.807) is 12.5 Å². The molecule has 0 amide bonds. The summed E-state index contributed by atoms with van der Waals surface area (Å²) in [4.78, 5) is 6.70. The highest BCUT2D eigenvalue weighted by molar-refractivity contribution is 6.18. The van der Waals surface area contributed by atoms with Gasteiger partial charge in [-0.2, -0.15) is 0 Å². The lowest BCUT2D eigenvalue weighted by molar-refractivity contribution is 0.449. The summed E-state index contributed by atoms with van der Waals surface area (Å²) in [6, 6.07) is 0. The molecule has 1 aliphatic rings. The molecule has 0 spiro atoms. The minimum absolute atomic E-state index is 0.551. The molecular formula is C11H14ClN5. The van der Waals surface area contributed by atoms with Crippen molar-refractivity contribution < 1.29 is 0 Å². The number of aromatic nitrogens is 4. The van der Waals surface area contributed by atoms with Crippen molar-refractivity contribution in [2.75, 3.05) is 23.9 Å². The van der Waals surface area contributed by atoms with Crippen LogP contribution in [0.4, 0.5) is 5.82 Å². The highest BCUT2D eigenvalue weighted by Gasteiger charge is 2.22. The molecule has 1 saturated heterocycles. The predicted molar refractivity (Wildman–Crippen MR) is 66.4 cm³/mol. The third-order valence-electron chi connectivity index (χ3n) is 3.23. The van der Waals surface area contributed by atoms with Gasteiger partial charge in [-0.3, -0.25) is 4.40 Å². The molecule has 0 saturated carbocycles. The molecule has 3 heterocycles. The second-order valence-electron chi connectivity index (χ2n) is 4.42. The van der Waals surface area contributed by atoms with Gasteiger partial charge < -0.3 is 4.90 Å². The summed E-state index contributed by atoms with van der Waals surface area (Å²) in [5.41, 5.74) is 0.822. The number of halogens is 1. The average Bonchev–Trinajstić information content (AvgIpc) is 2.87. The molecule has 2 aromatic heterocycles. The zero-order valence-electron chi connectivity index (χ0n) is 9.46. The lowest BCUT2D eigenvalue weighted by atomic mass is 10.0. The number of alkyl halides is 1. The van der Waals surface area contributed by atoms with Crippen molar-refractivity contribution in [3.05, 3.63) is 18.7 Å². The van der Waals surface area contributed by atoms with Crippen molar-refractivity contribution in [3.63, 3.8) is 0 Å². The first-order valence-electron chi connectivity index (χ1n) is 5.84. The normalized spacial score (nSPS) is 21.0. The van der Waals surface area contributed by atoms with E-state index >= 15 is 0 Å². The van der Waals surface area contributed by atoms with Crippen molar-refractivity contribution in [1.29, 1.82) is 0 Å². The predicted octanol–water partition coefficient (Wildman–Crippen LogP) is 1.58. The SMILES string of the molecule is ClCC1CCCN(c2nccn3cnnc23)C1. The Labute approximate surface area is 104 Å². The first-order chi connectivity index (χ1) is 8.38. The third kappa shape index (κ3) is 1.95. The maximum Gasteiger partial charge on any atom is 0.203 e.